The van der Waals surface area contributed by atoms with Gasteiger partial charge in [0.05, 0.1) is 44.0 Å². The van der Waals surface area contributed by atoms with E-state index in [-0.39, 0.29) is 47.7 Å². The Kier molecular flexibility index (Phi) is 7.25. The molecule has 1 spiro atoms. The molecule has 0 radical (unpaired) electrons. The van der Waals surface area contributed by atoms with Gasteiger partial charge in [0.25, 0.3) is 11.6 Å². The van der Waals surface area contributed by atoms with Crippen LogP contribution in [-0.4, -0.2) is 108 Å². The molecule has 2 aromatic carbocycles. The number of esters is 1. The number of carbonyl (C=O) groups excluding carboxylic acids is 3. The number of fused-ring (bicyclic) bond motifs is 8. The van der Waals surface area contributed by atoms with E-state index in [0.717, 1.165) is 5.56 Å². The smallest absolute Gasteiger partial charge is 0.303 e. The molecule has 0 saturated carbocycles. The van der Waals surface area contributed by atoms with E-state index in [2.05, 4.69) is 0 Å². The van der Waals surface area contributed by atoms with E-state index in [4.69, 9.17) is 47.4 Å². The minimum absolute atomic E-state index is 0.0226. The van der Waals surface area contributed by atoms with Crippen LogP contribution in [0.3, 0.4) is 0 Å². The highest BCUT2D eigenvalue weighted by Crippen LogP contribution is 2.72. The van der Waals surface area contributed by atoms with Gasteiger partial charge in [0.1, 0.15) is 29.5 Å². The van der Waals surface area contributed by atoms with Crippen molar-refractivity contribution in [2.75, 3.05) is 26.9 Å². The van der Waals surface area contributed by atoms with Crippen molar-refractivity contribution < 1.29 is 72.0 Å². The highest BCUT2D eigenvalue weighted by atomic mass is 16.9. The third-order valence-corrected chi connectivity index (χ3v) is 11.7. The number of benzene rings is 2. The Morgan fingerprint density at radius 3 is 2.49 bits per heavy atom. The molecular weight excluding hydrogens is 672 g/mol. The van der Waals surface area contributed by atoms with Gasteiger partial charge in [-0.3, -0.25) is 14.4 Å². The Balaban J connectivity index is 1.24. The van der Waals surface area contributed by atoms with Gasteiger partial charge in [-0.1, -0.05) is 0 Å². The monoisotopic (exact) mass is 712 g/mol. The fraction of sp³-hybridized carbons (Fsp3) is 0.639. The lowest BCUT2D eigenvalue weighted by atomic mass is 9.78. The molecule has 0 aromatic heterocycles. The van der Waals surface area contributed by atoms with Gasteiger partial charge in [-0.25, -0.2) is 0 Å². The SMILES string of the molecule is COc1c2c(c(O)c3c4c(c(C)cc13)C1OC3(C5OCCCO5)OC1[C@@](O[C@H]1CC(OC(C)=O)[C@@](O)(C(C)=O)C(C)O1)(O4)[C@@]31CO1)C(=O)CCC2. The van der Waals surface area contributed by atoms with Crippen molar-refractivity contribution in [2.45, 2.75) is 120 Å². The number of rotatable bonds is 6. The van der Waals surface area contributed by atoms with Crippen LogP contribution in [-0.2, 0) is 53.9 Å². The second kappa shape index (κ2) is 11.1. The van der Waals surface area contributed by atoms with E-state index < -0.39 is 71.5 Å². The lowest BCUT2D eigenvalue weighted by molar-refractivity contribution is -0.391. The molecule has 2 N–H and O–H groups in total. The molecule has 274 valence electrons. The predicted octanol–water partition coefficient (Wildman–Crippen LogP) is 2.57. The summed E-state index contributed by atoms with van der Waals surface area (Å²) in [6.07, 6.45) is -4.82. The van der Waals surface area contributed by atoms with E-state index in [0.29, 0.717) is 54.7 Å². The fourth-order valence-electron chi connectivity index (χ4n) is 9.31. The zero-order valence-corrected chi connectivity index (χ0v) is 28.9. The van der Waals surface area contributed by atoms with E-state index in [1.165, 1.54) is 27.9 Å². The van der Waals surface area contributed by atoms with Crippen molar-refractivity contribution in [2.24, 2.45) is 0 Å². The van der Waals surface area contributed by atoms with Gasteiger partial charge in [0.15, 0.2) is 29.6 Å². The largest absolute Gasteiger partial charge is 0.506 e. The zero-order chi connectivity index (χ0) is 35.8. The Morgan fingerprint density at radius 1 is 1.08 bits per heavy atom. The maximum absolute atomic E-state index is 13.3. The van der Waals surface area contributed by atoms with Crippen molar-refractivity contribution in [1.29, 1.82) is 0 Å². The number of aryl methyl sites for hydroxylation is 1. The number of phenolic OH excluding ortho intramolecular Hbond substituents is 1. The van der Waals surface area contributed by atoms with E-state index >= 15 is 0 Å². The lowest BCUT2D eigenvalue weighted by Gasteiger charge is -2.52. The van der Waals surface area contributed by atoms with Crippen LogP contribution < -0.4 is 9.47 Å². The number of aromatic hydroxyl groups is 1. The molecule has 0 amide bonds. The van der Waals surface area contributed by atoms with Gasteiger partial charge >= 0.3 is 5.97 Å². The van der Waals surface area contributed by atoms with Crippen LogP contribution in [0.15, 0.2) is 6.07 Å². The molecule has 9 atom stereocenters. The molecule has 6 aliphatic heterocycles. The molecule has 15 nitrogen and oxygen atoms in total. The molecular formula is C36H40O15. The number of Topliss-reactive ketones (excluding diaryl/α,β-unsaturated/α-hetero) is 2. The van der Waals surface area contributed by atoms with Crippen LogP contribution in [0.5, 0.6) is 17.2 Å². The minimum atomic E-state index is -2.15. The van der Waals surface area contributed by atoms with Crippen LogP contribution in [0.1, 0.15) is 79.6 Å². The molecule has 1 aliphatic carbocycles. The van der Waals surface area contributed by atoms with Crippen molar-refractivity contribution in [3.05, 3.63) is 28.3 Å². The quantitative estimate of drug-likeness (QED) is 0.328. The van der Waals surface area contributed by atoms with Gasteiger partial charge in [-0.15, -0.1) is 0 Å². The maximum Gasteiger partial charge on any atom is 0.303 e. The van der Waals surface area contributed by atoms with Crippen molar-refractivity contribution in [1.82, 2.24) is 0 Å². The number of hydrogen-bond acceptors (Lipinski definition) is 15. The van der Waals surface area contributed by atoms with Crippen molar-refractivity contribution in [3.8, 4) is 17.2 Å². The van der Waals surface area contributed by atoms with E-state index in [9.17, 15) is 24.6 Å². The number of epoxide rings is 1. The third kappa shape index (κ3) is 4.14. The van der Waals surface area contributed by atoms with Crippen LogP contribution in [0.25, 0.3) is 10.8 Å². The number of ether oxygens (including phenoxy) is 10. The summed E-state index contributed by atoms with van der Waals surface area (Å²) in [6, 6.07) is 1.88. The summed E-state index contributed by atoms with van der Waals surface area (Å²) in [5.41, 5.74) is -1.54. The molecule has 5 saturated heterocycles. The molecule has 5 fully saturated rings. The van der Waals surface area contributed by atoms with Crippen LogP contribution >= 0.6 is 0 Å². The minimum Gasteiger partial charge on any atom is -0.506 e. The Bertz CT molecular complexity index is 1880. The average Bonchev–Trinajstić information content (AvgIpc) is 3.75. The first kappa shape index (κ1) is 33.4. The zero-order valence-electron chi connectivity index (χ0n) is 28.9. The average molecular weight is 713 g/mol. The summed E-state index contributed by atoms with van der Waals surface area (Å²) in [5, 5.41) is 24.2. The number of methoxy groups -OCH3 is 1. The first-order valence-corrected chi connectivity index (χ1v) is 17.4. The summed E-state index contributed by atoms with van der Waals surface area (Å²) < 4.78 is 63.6. The Labute approximate surface area is 292 Å². The topological polar surface area (TPSA) is 187 Å². The normalized spacial score (nSPS) is 39.4. The Hall–Kier alpha value is -3.41. The predicted molar refractivity (Wildman–Crippen MR) is 169 cm³/mol. The fourth-order valence-corrected chi connectivity index (χ4v) is 9.31. The van der Waals surface area contributed by atoms with Crippen molar-refractivity contribution >= 4 is 28.3 Å². The molecule has 2 aromatic rings. The van der Waals surface area contributed by atoms with Gasteiger partial charge in [-0.2, -0.15) is 0 Å². The van der Waals surface area contributed by atoms with Crippen LogP contribution in [0.2, 0.25) is 0 Å². The lowest BCUT2D eigenvalue weighted by Crippen LogP contribution is -2.72. The first-order chi connectivity index (χ1) is 24.3. The van der Waals surface area contributed by atoms with Gasteiger partial charge in [-0.05, 0) is 51.7 Å². The number of aliphatic hydroxyl groups is 1. The molecule has 9 rings (SSSR count). The standard InChI is InChI=1S/C36H40O15/c1-15-12-20-26(27(40)25-19(28(20)42-5)8-6-9-21(25)39)29-24(15)30-31-35(49-29,33(14-45-33)36(50-30,51-31)32-43-10-7-11-44-32)48-23-13-22(47-18(4)38)34(41,16(2)37)17(3)46-23/h12,17,22-23,30-32,40-41H,6-11,13-14H2,1-5H3/t17?,22?,23-,30?,31?,33-,34+,35+,36?/m0/s1. The summed E-state index contributed by atoms with van der Waals surface area (Å²) in [6.45, 7) is 6.53. The van der Waals surface area contributed by atoms with Crippen LogP contribution in [0.4, 0.5) is 0 Å². The maximum atomic E-state index is 13.3. The number of carbonyl (C=O) groups is 3. The highest BCUT2D eigenvalue weighted by Gasteiger charge is 2.94. The summed E-state index contributed by atoms with van der Waals surface area (Å²) in [4.78, 5) is 38.3. The molecule has 7 aliphatic rings. The first-order valence-electron chi connectivity index (χ1n) is 17.4. The molecule has 6 heterocycles. The van der Waals surface area contributed by atoms with Crippen molar-refractivity contribution in [3.63, 3.8) is 0 Å². The number of hydrogen-bond donors (Lipinski definition) is 2. The second-order valence-corrected chi connectivity index (χ2v) is 14.5. The number of ketones is 2. The summed E-state index contributed by atoms with van der Waals surface area (Å²) >= 11 is 0. The van der Waals surface area contributed by atoms with Crippen LogP contribution in [0, 0.1) is 6.92 Å². The molecule has 51 heavy (non-hydrogen) atoms. The molecule has 15 heteroatoms. The number of phenols is 1. The third-order valence-electron chi connectivity index (χ3n) is 11.7. The van der Waals surface area contributed by atoms with Gasteiger partial charge in [0.2, 0.25) is 11.9 Å². The van der Waals surface area contributed by atoms with Gasteiger partial charge in [0, 0.05) is 36.3 Å². The van der Waals surface area contributed by atoms with Gasteiger partial charge < -0.3 is 57.6 Å². The highest BCUT2D eigenvalue weighted by molar-refractivity contribution is 6.11. The molecule has 5 unspecified atom stereocenters. The summed E-state index contributed by atoms with van der Waals surface area (Å²) in [5.74, 6) is -4.69. The van der Waals surface area contributed by atoms with E-state index in [1.807, 2.05) is 13.0 Å². The second-order valence-electron chi connectivity index (χ2n) is 14.5. The molecule has 2 bridgehead atoms. The Morgan fingerprint density at radius 2 is 1.82 bits per heavy atom. The summed E-state index contributed by atoms with van der Waals surface area (Å²) in [7, 11) is 1.52. The van der Waals surface area contributed by atoms with E-state index in [1.54, 1.807) is 0 Å².